The summed E-state index contributed by atoms with van der Waals surface area (Å²) in [5, 5.41) is 8.40. The van der Waals surface area contributed by atoms with Gasteiger partial charge in [0.25, 0.3) is 5.91 Å². The third-order valence-electron chi connectivity index (χ3n) is 4.47. The first-order valence-electron chi connectivity index (χ1n) is 8.70. The summed E-state index contributed by atoms with van der Waals surface area (Å²) >= 11 is 0. The Morgan fingerprint density at radius 1 is 1.20 bits per heavy atom. The van der Waals surface area contributed by atoms with Gasteiger partial charge in [-0.25, -0.2) is 4.79 Å². The van der Waals surface area contributed by atoms with Crippen LogP contribution < -0.4 is 21.7 Å². The van der Waals surface area contributed by atoms with E-state index in [1.165, 1.54) is 6.42 Å². The van der Waals surface area contributed by atoms with Gasteiger partial charge in [0, 0.05) is 30.3 Å². The Morgan fingerprint density at radius 2 is 1.96 bits per heavy atom. The van der Waals surface area contributed by atoms with E-state index in [2.05, 4.69) is 22.9 Å². The van der Waals surface area contributed by atoms with Crippen LogP contribution in [0, 0.1) is 5.92 Å². The van der Waals surface area contributed by atoms with Crippen molar-refractivity contribution < 1.29 is 14.4 Å². The van der Waals surface area contributed by atoms with Crippen molar-refractivity contribution in [3.63, 3.8) is 0 Å². The van der Waals surface area contributed by atoms with Crippen LogP contribution in [0.3, 0.4) is 0 Å². The zero-order valence-corrected chi connectivity index (χ0v) is 14.5. The molecule has 4 amide bonds. The van der Waals surface area contributed by atoms with E-state index < -0.39 is 5.91 Å². The van der Waals surface area contributed by atoms with E-state index >= 15 is 0 Å². The highest BCUT2D eigenvalue weighted by Gasteiger charge is 2.22. The number of hydrogen-bond donors (Lipinski definition) is 4. The predicted molar refractivity (Wildman–Crippen MR) is 96.2 cm³/mol. The van der Waals surface area contributed by atoms with Crippen molar-refractivity contribution in [1.82, 2.24) is 10.6 Å². The molecule has 1 fully saturated rings. The molecular weight excluding hydrogens is 320 g/mol. The summed E-state index contributed by atoms with van der Waals surface area (Å²) in [5.41, 5.74) is 5.99. The number of hydrogen-bond acceptors (Lipinski definition) is 3. The van der Waals surface area contributed by atoms with E-state index in [9.17, 15) is 14.4 Å². The molecule has 0 radical (unpaired) electrons. The standard InChI is InChI=1S/C18H26N4O3/c1-12-5-2-3-8-15(12)22-18(25)21-14-7-4-6-13(11-14)17(24)20-10-9-16(19)23/h4,6-7,11-12,15H,2-3,5,8-10H2,1H3,(H2,19,23)(H,20,24)(H2,21,22,25)/t12-,15-/m1/s1. The fraction of sp³-hybridized carbons (Fsp3) is 0.500. The number of anilines is 1. The van der Waals surface area contributed by atoms with Gasteiger partial charge in [-0.1, -0.05) is 25.8 Å². The molecule has 136 valence electrons. The topological polar surface area (TPSA) is 113 Å². The largest absolute Gasteiger partial charge is 0.370 e. The van der Waals surface area contributed by atoms with Gasteiger partial charge in [-0.3, -0.25) is 9.59 Å². The molecule has 2 rings (SSSR count). The molecule has 0 spiro atoms. The lowest BCUT2D eigenvalue weighted by atomic mass is 9.86. The molecule has 7 heteroatoms. The van der Waals surface area contributed by atoms with E-state index in [0.29, 0.717) is 17.2 Å². The predicted octanol–water partition coefficient (Wildman–Crippen LogP) is 1.99. The maximum Gasteiger partial charge on any atom is 0.319 e. The molecular formula is C18H26N4O3. The summed E-state index contributed by atoms with van der Waals surface area (Å²) in [4.78, 5) is 34.9. The van der Waals surface area contributed by atoms with Crippen molar-refractivity contribution in [1.29, 1.82) is 0 Å². The zero-order chi connectivity index (χ0) is 18.2. The average molecular weight is 346 g/mol. The Kier molecular flexibility index (Phi) is 6.80. The second-order valence-corrected chi connectivity index (χ2v) is 6.52. The quantitative estimate of drug-likeness (QED) is 0.631. The van der Waals surface area contributed by atoms with Gasteiger partial charge in [-0.05, 0) is 37.0 Å². The van der Waals surface area contributed by atoms with Crippen LogP contribution in [0.1, 0.15) is 49.4 Å². The van der Waals surface area contributed by atoms with E-state index in [0.717, 1.165) is 19.3 Å². The molecule has 25 heavy (non-hydrogen) atoms. The third-order valence-corrected chi connectivity index (χ3v) is 4.47. The Morgan fingerprint density at radius 3 is 2.68 bits per heavy atom. The SMILES string of the molecule is C[C@@H]1CCCC[C@H]1NC(=O)Nc1cccc(C(=O)NCCC(N)=O)c1. The van der Waals surface area contributed by atoms with Gasteiger partial charge in [0.05, 0.1) is 0 Å². The van der Waals surface area contributed by atoms with Crippen molar-refractivity contribution in [3.8, 4) is 0 Å². The molecule has 1 aromatic carbocycles. The first kappa shape index (κ1) is 18.8. The van der Waals surface area contributed by atoms with Gasteiger partial charge in [-0.2, -0.15) is 0 Å². The smallest absolute Gasteiger partial charge is 0.319 e. The average Bonchev–Trinajstić information content (AvgIpc) is 2.56. The number of nitrogens with two attached hydrogens (primary N) is 1. The van der Waals surface area contributed by atoms with E-state index in [1.54, 1.807) is 24.3 Å². The third kappa shape index (κ3) is 6.10. The Bertz CT molecular complexity index is 633. The molecule has 0 aliphatic heterocycles. The molecule has 0 unspecified atom stereocenters. The summed E-state index contributed by atoms with van der Waals surface area (Å²) in [6.07, 6.45) is 4.57. The van der Waals surface area contributed by atoms with Gasteiger partial charge in [-0.15, -0.1) is 0 Å². The second kappa shape index (κ2) is 9.05. The van der Waals surface area contributed by atoms with Crippen LogP contribution in [-0.4, -0.2) is 30.4 Å². The Labute approximate surface area is 147 Å². The van der Waals surface area contributed by atoms with Crippen molar-refractivity contribution in [2.75, 3.05) is 11.9 Å². The Hall–Kier alpha value is -2.57. The molecule has 1 aromatic rings. The van der Waals surface area contributed by atoms with Crippen LogP contribution >= 0.6 is 0 Å². The molecule has 0 bridgehead atoms. The minimum Gasteiger partial charge on any atom is -0.370 e. The van der Waals surface area contributed by atoms with Crippen molar-refractivity contribution in [2.45, 2.75) is 45.1 Å². The minimum atomic E-state index is -0.468. The summed E-state index contributed by atoms with van der Waals surface area (Å²) in [6, 6.07) is 6.60. The number of urea groups is 1. The van der Waals surface area contributed by atoms with Crippen LogP contribution in [0.15, 0.2) is 24.3 Å². The molecule has 0 heterocycles. The van der Waals surface area contributed by atoms with E-state index in [1.807, 2.05) is 0 Å². The van der Waals surface area contributed by atoms with Crippen LogP contribution in [-0.2, 0) is 4.79 Å². The summed E-state index contributed by atoms with van der Waals surface area (Å²) in [7, 11) is 0. The van der Waals surface area contributed by atoms with E-state index in [4.69, 9.17) is 5.73 Å². The molecule has 7 nitrogen and oxygen atoms in total. The molecule has 2 atom stereocenters. The van der Waals surface area contributed by atoms with Gasteiger partial charge in [0.15, 0.2) is 0 Å². The normalized spacial score (nSPS) is 19.7. The van der Waals surface area contributed by atoms with Crippen molar-refractivity contribution >= 4 is 23.5 Å². The van der Waals surface area contributed by atoms with Crippen LogP contribution in [0.5, 0.6) is 0 Å². The molecule has 0 saturated heterocycles. The fourth-order valence-corrected chi connectivity index (χ4v) is 3.01. The number of carbonyl (C=O) groups excluding carboxylic acids is 3. The van der Waals surface area contributed by atoms with Gasteiger partial charge in [0.1, 0.15) is 0 Å². The lowest BCUT2D eigenvalue weighted by molar-refractivity contribution is -0.117. The summed E-state index contributed by atoms with van der Waals surface area (Å²) < 4.78 is 0. The van der Waals surface area contributed by atoms with Gasteiger partial charge >= 0.3 is 6.03 Å². The van der Waals surface area contributed by atoms with Gasteiger partial charge < -0.3 is 21.7 Å². The number of amides is 4. The monoisotopic (exact) mass is 346 g/mol. The number of nitrogens with one attached hydrogen (secondary N) is 3. The highest BCUT2D eigenvalue weighted by molar-refractivity contribution is 5.97. The molecule has 0 aromatic heterocycles. The molecule has 1 saturated carbocycles. The zero-order valence-electron chi connectivity index (χ0n) is 14.5. The highest BCUT2D eigenvalue weighted by Crippen LogP contribution is 2.23. The summed E-state index contributed by atoms with van der Waals surface area (Å²) in [5.74, 6) is -0.308. The minimum absolute atomic E-state index is 0.0889. The van der Waals surface area contributed by atoms with Crippen molar-refractivity contribution in [3.05, 3.63) is 29.8 Å². The van der Waals surface area contributed by atoms with Crippen LogP contribution in [0.2, 0.25) is 0 Å². The van der Waals surface area contributed by atoms with Gasteiger partial charge in [0.2, 0.25) is 5.91 Å². The maximum absolute atomic E-state index is 12.2. The second-order valence-electron chi connectivity index (χ2n) is 6.52. The first-order valence-corrected chi connectivity index (χ1v) is 8.70. The number of benzene rings is 1. The molecule has 1 aliphatic carbocycles. The number of rotatable bonds is 6. The Balaban J connectivity index is 1.88. The highest BCUT2D eigenvalue weighted by atomic mass is 16.2. The lowest BCUT2D eigenvalue weighted by Crippen LogP contribution is -2.43. The maximum atomic E-state index is 12.2. The van der Waals surface area contributed by atoms with Crippen molar-refractivity contribution in [2.24, 2.45) is 11.7 Å². The molecule has 5 N–H and O–H groups in total. The van der Waals surface area contributed by atoms with Crippen LogP contribution in [0.4, 0.5) is 10.5 Å². The van der Waals surface area contributed by atoms with Crippen LogP contribution in [0.25, 0.3) is 0 Å². The summed E-state index contributed by atoms with van der Waals surface area (Å²) in [6.45, 7) is 2.34. The number of primary amides is 1. The fourth-order valence-electron chi connectivity index (χ4n) is 3.01. The number of carbonyl (C=O) groups is 3. The molecule has 1 aliphatic rings. The van der Waals surface area contributed by atoms with E-state index in [-0.39, 0.29) is 30.9 Å². The first-order chi connectivity index (χ1) is 12.0. The lowest BCUT2D eigenvalue weighted by Gasteiger charge is -2.29.